The predicted molar refractivity (Wildman–Crippen MR) is 59.0 cm³/mol. The molecule has 18 heavy (non-hydrogen) atoms. The summed E-state index contributed by atoms with van der Waals surface area (Å²) in [6.45, 7) is 1.36. The van der Waals surface area contributed by atoms with Crippen LogP contribution in [0.4, 0.5) is 0 Å². The fraction of sp³-hybridized carbons (Fsp3) is 0.600. The number of aromatic nitrogens is 3. The second kappa shape index (κ2) is 5.58. The number of nitrogens with zero attached hydrogens (tertiary/aromatic N) is 3. The standard InChI is InChI=1S/C10H14N4O4/c15-9(8-2-1-5-18-8)11-3-4-14-6-7(10(16)17)12-13-14/h6,8H,1-5H2,(H,11,15)(H,16,17)/t8-/m1/s1. The van der Waals surface area contributed by atoms with Crippen molar-refractivity contribution in [3.8, 4) is 0 Å². The third-order valence-electron chi connectivity index (χ3n) is 2.62. The van der Waals surface area contributed by atoms with Gasteiger partial charge in [-0.3, -0.25) is 4.79 Å². The molecule has 0 aromatic carbocycles. The highest BCUT2D eigenvalue weighted by Gasteiger charge is 2.22. The van der Waals surface area contributed by atoms with Gasteiger partial charge in [-0.1, -0.05) is 5.21 Å². The Labute approximate surface area is 103 Å². The molecule has 0 unspecified atom stereocenters. The summed E-state index contributed by atoms with van der Waals surface area (Å²) >= 11 is 0. The first-order valence-electron chi connectivity index (χ1n) is 5.69. The summed E-state index contributed by atoms with van der Waals surface area (Å²) in [4.78, 5) is 22.1. The van der Waals surface area contributed by atoms with E-state index in [9.17, 15) is 9.59 Å². The lowest BCUT2D eigenvalue weighted by atomic mass is 10.2. The minimum atomic E-state index is -1.12. The molecule has 0 bridgehead atoms. The van der Waals surface area contributed by atoms with Crippen LogP contribution in [0.25, 0.3) is 0 Å². The molecular formula is C10H14N4O4. The number of nitrogens with one attached hydrogen (secondary N) is 1. The summed E-state index contributed by atoms with van der Waals surface area (Å²) in [6, 6.07) is 0. The average Bonchev–Trinajstić information content (AvgIpc) is 3.00. The van der Waals surface area contributed by atoms with E-state index in [-0.39, 0.29) is 17.7 Å². The van der Waals surface area contributed by atoms with E-state index in [1.54, 1.807) is 0 Å². The molecule has 1 aromatic rings. The maximum absolute atomic E-state index is 11.6. The van der Waals surface area contributed by atoms with Gasteiger partial charge in [0.25, 0.3) is 0 Å². The van der Waals surface area contributed by atoms with Gasteiger partial charge in [0.15, 0.2) is 5.69 Å². The molecule has 1 fully saturated rings. The highest BCUT2D eigenvalue weighted by Crippen LogP contribution is 2.11. The van der Waals surface area contributed by atoms with Crippen molar-refractivity contribution in [2.45, 2.75) is 25.5 Å². The van der Waals surface area contributed by atoms with Crippen molar-refractivity contribution in [2.75, 3.05) is 13.2 Å². The molecule has 98 valence electrons. The van der Waals surface area contributed by atoms with Crippen LogP contribution in [0.2, 0.25) is 0 Å². The van der Waals surface area contributed by atoms with Crippen molar-refractivity contribution < 1.29 is 19.4 Å². The molecule has 1 aliphatic rings. The van der Waals surface area contributed by atoms with E-state index < -0.39 is 5.97 Å². The molecule has 1 aliphatic heterocycles. The van der Waals surface area contributed by atoms with Crippen molar-refractivity contribution in [1.82, 2.24) is 20.3 Å². The Morgan fingerprint density at radius 1 is 1.61 bits per heavy atom. The highest BCUT2D eigenvalue weighted by molar-refractivity contribution is 5.84. The molecule has 0 aliphatic carbocycles. The molecule has 1 amide bonds. The zero-order chi connectivity index (χ0) is 13.0. The van der Waals surface area contributed by atoms with Gasteiger partial charge >= 0.3 is 5.97 Å². The van der Waals surface area contributed by atoms with Gasteiger partial charge in [-0.25, -0.2) is 9.48 Å². The zero-order valence-corrected chi connectivity index (χ0v) is 9.70. The van der Waals surface area contributed by atoms with Crippen LogP contribution in [0.3, 0.4) is 0 Å². The molecular weight excluding hydrogens is 240 g/mol. The normalized spacial score (nSPS) is 18.8. The van der Waals surface area contributed by atoms with Gasteiger partial charge in [-0.2, -0.15) is 0 Å². The van der Waals surface area contributed by atoms with E-state index >= 15 is 0 Å². The fourth-order valence-corrected chi connectivity index (χ4v) is 1.70. The van der Waals surface area contributed by atoms with Crippen LogP contribution in [0, 0.1) is 0 Å². The number of carbonyl (C=O) groups is 2. The average molecular weight is 254 g/mol. The quantitative estimate of drug-likeness (QED) is 0.717. The lowest BCUT2D eigenvalue weighted by molar-refractivity contribution is -0.130. The summed E-state index contributed by atoms with van der Waals surface area (Å²) in [6.07, 6.45) is 2.62. The Balaban J connectivity index is 1.74. The first-order chi connectivity index (χ1) is 8.66. The SMILES string of the molecule is O=C(O)c1cn(CCNC(=O)[C@H]2CCCO2)nn1. The minimum absolute atomic E-state index is 0.111. The number of rotatable bonds is 5. The van der Waals surface area contributed by atoms with Crippen LogP contribution in [-0.4, -0.2) is 51.2 Å². The molecule has 0 saturated carbocycles. The molecule has 1 saturated heterocycles. The summed E-state index contributed by atoms with van der Waals surface area (Å²) in [5, 5.41) is 18.5. The Morgan fingerprint density at radius 3 is 3.06 bits per heavy atom. The summed E-state index contributed by atoms with van der Waals surface area (Å²) in [5.41, 5.74) is -0.111. The number of hydrogen-bond donors (Lipinski definition) is 2. The van der Waals surface area contributed by atoms with E-state index in [2.05, 4.69) is 15.6 Å². The molecule has 2 rings (SSSR count). The topological polar surface area (TPSA) is 106 Å². The molecule has 2 N–H and O–H groups in total. The monoisotopic (exact) mass is 254 g/mol. The van der Waals surface area contributed by atoms with Crippen LogP contribution in [0.5, 0.6) is 0 Å². The molecule has 1 atom stereocenters. The Bertz CT molecular complexity index is 439. The second-order valence-corrected chi connectivity index (χ2v) is 3.96. The van der Waals surface area contributed by atoms with Crippen molar-refractivity contribution in [1.29, 1.82) is 0 Å². The van der Waals surface area contributed by atoms with E-state index in [0.717, 1.165) is 12.8 Å². The Hall–Kier alpha value is -1.96. The Kier molecular flexibility index (Phi) is 3.88. The number of carboxylic acid groups (broad SMARTS) is 1. The van der Waals surface area contributed by atoms with Crippen molar-refractivity contribution in [3.05, 3.63) is 11.9 Å². The predicted octanol–water partition coefficient (Wildman–Crippen LogP) is -0.728. The van der Waals surface area contributed by atoms with Crippen molar-refractivity contribution >= 4 is 11.9 Å². The number of carboxylic acids is 1. The largest absolute Gasteiger partial charge is 0.476 e. The number of aromatic carboxylic acids is 1. The van der Waals surface area contributed by atoms with Gasteiger partial charge in [0.2, 0.25) is 5.91 Å². The first-order valence-corrected chi connectivity index (χ1v) is 5.69. The maximum Gasteiger partial charge on any atom is 0.358 e. The van der Waals surface area contributed by atoms with Gasteiger partial charge < -0.3 is 15.2 Å². The van der Waals surface area contributed by atoms with E-state index in [1.165, 1.54) is 10.9 Å². The van der Waals surface area contributed by atoms with Gasteiger partial charge in [0, 0.05) is 13.2 Å². The highest BCUT2D eigenvalue weighted by atomic mass is 16.5. The van der Waals surface area contributed by atoms with Gasteiger partial charge in [0.1, 0.15) is 6.10 Å². The number of ether oxygens (including phenoxy) is 1. The van der Waals surface area contributed by atoms with Gasteiger partial charge in [-0.05, 0) is 12.8 Å². The molecule has 0 spiro atoms. The number of carbonyl (C=O) groups excluding carboxylic acids is 1. The summed E-state index contributed by atoms with van der Waals surface area (Å²) in [7, 11) is 0. The van der Waals surface area contributed by atoms with Gasteiger partial charge in [-0.15, -0.1) is 5.10 Å². The van der Waals surface area contributed by atoms with E-state index in [0.29, 0.717) is 19.7 Å². The van der Waals surface area contributed by atoms with Crippen molar-refractivity contribution in [3.63, 3.8) is 0 Å². The lowest BCUT2D eigenvalue weighted by Crippen LogP contribution is -2.36. The summed E-state index contributed by atoms with van der Waals surface area (Å²) < 4.78 is 6.60. The minimum Gasteiger partial charge on any atom is -0.476 e. The number of hydrogen-bond acceptors (Lipinski definition) is 5. The Morgan fingerprint density at radius 2 is 2.44 bits per heavy atom. The molecule has 8 nitrogen and oxygen atoms in total. The lowest BCUT2D eigenvalue weighted by Gasteiger charge is -2.09. The van der Waals surface area contributed by atoms with E-state index in [1.807, 2.05) is 0 Å². The van der Waals surface area contributed by atoms with Crippen LogP contribution in [0.1, 0.15) is 23.3 Å². The maximum atomic E-state index is 11.6. The third-order valence-corrected chi connectivity index (χ3v) is 2.62. The van der Waals surface area contributed by atoms with Crippen LogP contribution < -0.4 is 5.32 Å². The van der Waals surface area contributed by atoms with Crippen molar-refractivity contribution in [2.24, 2.45) is 0 Å². The number of amides is 1. The molecule has 1 aromatic heterocycles. The zero-order valence-electron chi connectivity index (χ0n) is 9.70. The third kappa shape index (κ3) is 3.04. The van der Waals surface area contributed by atoms with Gasteiger partial charge in [0.05, 0.1) is 12.7 Å². The second-order valence-electron chi connectivity index (χ2n) is 3.96. The molecule has 0 radical (unpaired) electrons. The molecule has 2 heterocycles. The van der Waals surface area contributed by atoms with Crippen LogP contribution >= 0.6 is 0 Å². The first kappa shape index (κ1) is 12.5. The van der Waals surface area contributed by atoms with Crippen LogP contribution in [-0.2, 0) is 16.1 Å². The molecule has 8 heteroatoms. The van der Waals surface area contributed by atoms with E-state index in [4.69, 9.17) is 9.84 Å². The fourth-order valence-electron chi connectivity index (χ4n) is 1.70. The van der Waals surface area contributed by atoms with Crippen LogP contribution in [0.15, 0.2) is 6.20 Å². The smallest absolute Gasteiger partial charge is 0.358 e. The summed E-state index contributed by atoms with van der Waals surface area (Å²) in [5.74, 6) is -1.25.